The minimum atomic E-state index is -0.124. The number of aliphatic hydroxyl groups is 1. The molecule has 1 aliphatic heterocycles. The summed E-state index contributed by atoms with van der Waals surface area (Å²) in [7, 11) is 0. The monoisotopic (exact) mass is 267 g/mol. The van der Waals surface area contributed by atoms with E-state index >= 15 is 0 Å². The average Bonchev–Trinajstić information content (AvgIpc) is 2.31. The van der Waals surface area contributed by atoms with Gasteiger partial charge in [-0.2, -0.15) is 0 Å². The van der Waals surface area contributed by atoms with Gasteiger partial charge in [0.2, 0.25) is 0 Å². The van der Waals surface area contributed by atoms with Crippen LogP contribution in [-0.4, -0.2) is 35.2 Å². The number of piperidine rings is 1. The Morgan fingerprint density at radius 2 is 1.89 bits per heavy atom. The molecule has 5 atom stereocenters. The predicted molar refractivity (Wildman–Crippen MR) is 81.1 cm³/mol. The molecule has 0 aromatic carbocycles. The number of aliphatic hydroxyl groups excluding tert-OH is 1. The molecular formula is C17H33NO. The Morgan fingerprint density at radius 3 is 2.58 bits per heavy atom. The van der Waals surface area contributed by atoms with Gasteiger partial charge in [-0.1, -0.05) is 34.1 Å². The molecule has 1 heterocycles. The van der Waals surface area contributed by atoms with Crippen LogP contribution in [0, 0.1) is 23.2 Å². The molecule has 0 spiro atoms. The topological polar surface area (TPSA) is 23.5 Å². The van der Waals surface area contributed by atoms with Gasteiger partial charge in [-0.15, -0.1) is 0 Å². The highest BCUT2D eigenvalue weighted by Gasteiger charge is 2.39. The van der Waals surface area contributed by atoms with Crippen LogP contribution < -0.4 is 0 Å². The van der Waals surface area contributed by atoms with Crippen LogP contribution in [0.1, 0.15) is 60.3 Å². The van der Waals surface area contributed by atoms with Crippen LogP contribution in [0.25, 0.3) is 0 Å². The molecular weight excluding hydrogens is 234 g/mol. The van der Waals surface area contributed by atoms with Gasteiger partial charge >= 0.3 is 0 Å². The van der Waals surface area contributed by atoms with Crippen molar-refractivity contribution in [2.75, 3.05) is 13.1 Å². The van der Waals surface area contributed by atoms with Gasteiger partial charge in [-0.25, -0.2) is 0 Å². The molecule has 19 heavy (non-hydrogen) atoms. The zero-order chi connectivity index (χ0) is 14.2. The van der Waals surface area contributed by atoms with Crippen molar-refractivity contribution in [3.63, 3.8) is 0 Å². The maximum Gasteiger partial charge on any atom is 0.0631 e. The maximum atomic E-state index is 10.6. The van der Waals surface area contributed by atoms with Crippen LogP contribution in [0.4, 0.5) is 0 Å². The predicted octanol–water partition coefficient (Wildman–Crippen LogP) is 3.54. The molecule has 1 N–H and O–H groups in total. The Hall–Kier alpha value is -0.0800. The van der Waals surface area contributed by atoms with E-state index in [1.54, 1.807) is 0 Å². The van der Waals surface area contributed by atoms with Crippen LogP contribution >= 0.6 is 0 Å². The van der Waals surface area contributed by atoms with E-state index < -0.39 is 0 Å². The number of nitrogens with zero attached hydrogens (tertiary/aromatic N) is 1. The minimum Gasteiger partial charge on any atom is -0.392 e. The SMILES string of the molecule is CC1CC(C)C(C)N(CC2CCCC(C)(C)C2O)C1. The number of hydrogen-bond donors (Lipinski definition) is 1. The molecule has 0 aromatic heterocycles. The summed E-state index contributed by atoms with van der Waals surface area (Å²) in [6.07, 6.45) is 4.89. The van der Waals surface area contributed by atoms with Gasteiger partial charge in [0.05, 0.1) is 6.10 Å². The number of rotatable bonds is 2. The minimum absolute atomic E-state index is 0.110. The summed E-state index contributed by atoms with van der Waals surface area (Å²) >= 11 is 0. The first-order chi connectivity index (χ1) is 8.81. The smallest absolute Gasteiger partial charge is 0.0631 e. The fourth-order valence-corrected chi connectivity index (χ4v) is 4.33. The second-order valence-electron chi connectivity index (χ2n) is 8.10. The Kier molecular flexibility index (Phi) is 4.62. The van der Waals surface area contributed by atoms with E-state index in [4.69, 9.17) is 0 Å². The number of likely N-dealkylation sites (tertiary alicyclic amines) is 1. The van der Waals surface area contributed by atoms with Gasteiger partial charge in [0, 0.05) is 19.1 Å². The Morgan fingerprint density at radius 1 is 1.21 bits per heavy atom. The van der Waals surface area contributed by atoms with Crippen molar-refractivity contribution in [1.29, 1.82) is 0 Å². The van der Waals surface area contributed by atoms with Crippen molar-refractivity contribution in [2.45, 2.75) is 72.4 Å². The van der Waals surface area contributed by atoms with E-state index in [1.807, 2.05) is 0 Å². The van der Waals surface area contributed by atoms with Gasteiger partial charge in [0.15, 0.2) is 0 Å². The summed E-state index contributed by atoms with van der Waals surface area (Å²) in [6.45, 7) is 13.9. The van der Waals surface area contributed by atoms with Crippen molar-refractivity contribution in [3.8, 4) is 0 Å². The summed E-state index contributed by atoms with van der Waals surface area (Å²) in [5.41, 5.74) is 0.110. The lowest BCUT2D eigenvalue weighted by molar-refractivity contribution is -0.0551. The van der Waals surface area contributed by atoms with Crippen LogP contribution in [-0.2, 0) is 0 Å². The third kappa shape index (κ3) is 3.33. The van der Waals surface area contributed by atoms with E-state index in [1.165, 1.54) is 32.2 Å². The molecule has 2 nitrogen and oxygen atoms in total. The molecule has 0 radical (unpaired) electrons. The molecule has 1 saturated carbocycles. The first-order valence-corrected chi connectivity index (χ1v) is 8.23. The van der Waals surface area contributed by atoms with E-state index in [9.17, 15) is 5.11 Å². The van der Waals surface area contributed by atoms with Gasteiger partial charge in [0.25, 0.3) is 0 Å². The second kappa shape index (κ2) is 5.73. The lowest BCUT2D eigenvalue weighted by atomic mass is 9.69. The molecule has 0 bridgehead atoms. The third-order valence-corrected chi connectivity index (χ3v) is 5.83. The highest BCUT2D eigenvalue weighted by Crippen LogP contribution is 2.40. The lowest BCUT2D eigenvalue weighted by Gasteiger charge is -2.47. The Bertz CT molecular complexity index is 302. The van der Waals surface area contributed by atoms with Crippen molar-refractivity contribution >= 4 is 0 Å². The Labute approximate surface area is 119 Å². The van der Waals surface area contributed by atoms with Crippen LogP contribution in [0.2, 0.25) is 0 Å². The van der Waals surface area contributed by atoms with Crippen molar-refractivity contribution in [3.05, 3.63) is 0 Å². The molecule has 5 unspecified atom stereocenters. The summed E-state index contributed by atoms with van der Waals surface area (Å²) in [5, 5.41) is 10.6. The molecule has 1 saturated heterocycles. The molecule has 1 aliphatic carbocycles. The normalized spacial score (nSPS) is 44.2. The summed E-state index contributed by atoms with van der Waals surface area (Å²) in [5.74, 6) is 2.07. The fraction of sp³-hybridized carbons (Fsp3) is 1.00. The standard InChI is InChI=1S/C17H33NO/c1-12-9-13(2)14(3)18(10-12)11-15-7-6-8-17(4,5)16(15)19/h12-16,19H,6-11H2,1-5H3. The molecule has 0 amide bonds. The molecule has 2 heteroatoms. The largest absolute Gasteiger partial charge is 0.392 e. The van der Waals surface area contributed by atoms with Gasteiger partial charge in [-0.3, -0.25) is 4.90 Å². The first kappa shape index (κ1) is 15.3. The zero-order valence-electron chi connectivity index (χ0n) is 13.5. The highest BCUT2D eigenvalue weighted by atomic mass is 16.3. The summed E-state index contributed by atoms with van der Waals surface area (Å²) in [6, 6.07) is 0.674. The molecule has 112 valence electrons. The van der Waals surface area contributed by atoms with Crippen molar-refractivity contribution < 1.29 is 5.11 Å². The van der Waals surface area contributed by atoms with E-state index in [2.05, 4.69) is 39.5 Å². The van der Waals surface area contributed by atoms with Crippen LogP contribution in [0.15, 0.2) is 0 Å². The second-order valence-corrected chi connectivity index (χ2v) is 8.10. The van der Waals surface area contributed by atoms with E-state index in [-0.39, 0.29) is 11.5 Å². The highest BCUT2D eigenvalue weighted by molar-refractivity contribution is 4.91. The summed E-state index contributed by atoms with van der Waals surface area (Å²) < 4.78 is 0. The van der Waals surface area contributed by atoms with Crippen molar-refractivity contribution in [2.24, 2.45) is 23.2 Å². The number of hydrogen-bond acceptors (Lipinski definition) is 2. The molecule has 2 fully saturated rings. The molecule has 0 aromatic rings. The fourth-order valence-electron chi connectivity index (χ4n) is 4.33. The Balaban J connectivity index is 1.99. The lowest BCUT2D eigenvalue weighted by Crippen LogP contribution is -2.51. The molecule has 2 rings (SSSR count). The molecule has 2 aliphatic rings. The quantitative estimate of drug-likeness (QED) is 0.827. The third-order valence-electron chi connectivity index (χ3n) is 5.83. The maximum absolute atomic E-state index is 10.6. The summed E-state index contributed by atoms with van der Waals surface area (Å²) in [4.78, 5) is 2.65. The van der Waals surface area contributed by atoms with Crippen LogP contribution in [0.3, 0.4) is 0 Å². The first-order valence-electron chi connectivity index (χ1n) is 8.23. The van der Waals surface area contributed by atoms with Crippen LogP contribution in [0.5, 0.6) is 0 Å². The van der Waals surface area contributed by atoms with Gasteiger partial charge < -0.3 is 5.11 Å². The average molecular weight is 267 g/mol. The van der Waals surface area contributed by atoms with Crippen molar-refractivity contribution in [1.82, 2.24) is 4.90 Å². The zero-order valence-corrected chi connectivity index (χ0v) is 13.5. The van der Waals surface area contributed by atoms with Gasteiger partial charge in [0.1, 0.15) is 0 Å². The van der Waals surface area contributed by atoms with E-state index in [0.717, 1.165) is 18.4 Å². The van der Waals surface area contributed by atoms with Gasteiger partial charge in [-0.05, 0) is 49.4 Å². The van der Waals surface area contributed by atoms with E-state index in [0.29, 0.717) is 12.0 Å².